The minimum atomic E-state index is 0.442. The summed E-state index contributed by atoms with van der Waals surface area (Å²) in [5.41, 5.74) is 1.41. The van der Waals surface area contributed by atoms with Gasteiger partial charge < -0.3 is 9.94 Å². The van der Waals surface area contributed by atoms with Crippen molar-refractivity contribution in [2.75, 3.05) is 0 Å². The Morgan fingerprint density at radius 2 is 2.05 bits per heavy atom. The van der Waals surface area contributed by atoms with Crippen molar-refractivity contribution in [3.63, 3.8) is 0 Å². The molecule has 6 heteroatoms. The Morgan fingerprint density at radius 1 is 1.20 bits per heavy atom. The predicted octanol–water partition coefficient (Wildman–Crippen LogP) is 2.97. The summed E-state index contributed by atoms with van der Waals surface area (Å²) in [6.07, 6.45) is 2.83. The summed E-state index contributed by atoms with van der Waals surface area (Å²) in [4.78, 5) is 8.34. The molecule has 0 aliphatic rings. The highest BCUT2D eigenvalue weighted by Gasteiger charge is 2.09. The summed E-state index contributed by atoms with van der Waals surface area (Å²) in [6, 6.07) is 9.28. The van der Waals surface area contributed by atoms with Crippen LogP contribution in [0.2, 0.25) is 0 Å². The normalized spacial score (nSPS) is 10.7. The lowest BCUT2D eigenvalue weighted by atomic mass is 10.2. The van der Waals surface area contributed by atoms with Crippen LogP contribution >= 0.6 is 22.6 Å². The molecular weight excluding hydrogens is 369 g/mol. The van der Waals surface area contributed by atoms with Crippen molar-refractivity contribution < 1.29 is 9.47 Å². The zero-order valence-electron chi connectivity index (χ0n) is 10.6. The third kappa shape index (κ3) is 2.51. The van der Waals surface area contributed by atoms with Gasteiger partial charge in [-0.25, -0.2) is 9.97 Å². The van der Waals surface area contributed by atoms with Crippen molar-refractivity contribution >= 4 is 33.5 Å². The highest BCUT2D eigenvalue weighted by molar-refractivity contribution is 14.1. The van der Waals surface area contributed by atoms with Crippen molar-refractivity contribution in [2.45, 2.75) is 6.92 Å². The first kappa shape index (κ1) is 13.0. The van der Waals surface area contributed by atoms with Crippen LogP contribution in [0.15, 0.2) is 42.9 Å². The van der Waals surface area contributed by atoms with E-state index in [1.807, 2.05) is 18.2 Å². The van der Waals surface area contributed by atoms with E-state index in [0.29, 0.717) is 17.3 Å². The van der Waals surface area contributed by atoms with Crippen LogP contribution in [-0.4, -0.2) is 9.97 Å². The molecule has 2 aromatic heterocycles. The predicted molar refractivity (Wildman–Crippen MR) is 82.5 cm³/mol. The van der Waals surface area contributed by atoms with Crippen LogP contribution in [-0.2, 0) is 0 Å². The van der Waals surface area contributed by atoms with Crippen LogP contribution in [0.1, 0.15) is 5.69 Å². The topological polar surface area (TPSA) is 62.0 Å². The summed E-state index contributed by atoms with van der Waals surface area (Å²) in [6.45, 7) is 1.74. The summed E-state index contributed by atoms with van der Waals surface area (Å²) in [7, 11) is 0. The zero-order valence-corrected chi connectivity index (χ0v) is 12.7. The maximum absolute atomic E-state index is 11.6. The number of rotatable bonds is 2. The van der Waals surface area contributed by atoms with Crippen LogP contribution < -0.4 is 9.47 Å². The first-order chi connectivity index (χ1) is 9.63. The molecule has 2 heterocycles. The van der Waals surface area contributed by atoms with Crippen LogP contribution in [0.3, 0.4) is 0 Å². The molecule has 0 atom stereocenters. The molecule has 0 spiro atoms. The van der Waals surface area contributed by atoms with E-state index in [9.17, 15) is 5.21 Å². The molecule has 0 saturated carbocycles. The molecule has 0 N–H and O–H groups in total. The standard InChI is InChI=1S/C14H10IN3O2/c1-9-2-4-11(7-18(9)19)20-14-12-6-10(15)3-5-13(12)16-8-17-14/h2-8H,1H3. The maximum atomic E-state index is 11.6. The smallest absolute Gasteiger partial charge is 0.230 e. The molecule has 20 heavy (non-hydrogen) atoms. The van der Waals surface area contributed by atoms with Gasteiger partial charge in [0.1, 0.15) is 6.33 Å². The van der Waals surface area contributed by atoms with Crippen LogP contribution in [0, 0.1) is 15.7 Å². The Morgan fingerprint density at radius 3 is 2.85 bits per heavy atom. The fourth-order valence-electron chi connectivity index (χ4n) is 1.80. The van der Waals surface area contributed by atoms with Gasteiger partial charge in [-0.15, -0.1) is 0 Å². The Hall–Kier alpha value is -1.96. The molecule has 1 aromatic carbocycles. The number of pyridine rings is 1. The number of hydrogen-bond donors (Lipinski definition) is 0. The number of hydrogen-bond acceptors (Lipinski definition) is 4. The first-order valence-electron chi connectivity index (χ1n) is 5.91. The largest absolute Gasteiger partial charge is 0.618 e. The van der Waals surface area contributed by atoms with Gasteiger partial charge in [0, 0.05) is 16.6 Å². The van der Waals surface area contributed by atoms with E-state index in [4.69, 9.17) is 4.74 Å². The fourth-order valence-corrected chi connectivity index (χ4v) is 2.29. The number of aryl methyl sites for hydroxylation is 1. The van der Waals surface area contributed by atoms with Gasteiger partial charge in [0.15, 0.2) is 11.4 Å². The highest BCUT2D eigenvalue weighted by Crippen LogP contribution is 2.27. The van der Waals surface area contributed by atoms with E-state index < -0.39 is 0 Å². The Labute approximate surface area is 129 Å². The van der Waals surface area contributed by atoms with Crippen molar-refractivity contribution in [1.82, 2.24) is 9.97 Å². The second kappa shape index (κ2) is 5.20. The molecule has 0 aliphatic carbocycles. The number of aromatic nitrogens is 3. The average Bonchev–Trinajstić information content (AvgIpc) is 2.44. The molecule has 0 amide bonds. The monoisotopic (exact) mass is 379 g/mol. The summed E-state index contributed by atoms with van der Waals surface area (Å²) in [5, 5.41) is 12.4. The second-order valence-corrected chi connectivity index (χ2v) is 5.52. The van der Waals surface area contributed by atoms with Crippen LogP contribution in [0.5, 0.6) is 11.6 Å². The van der Waals surface area contributed by atoms with Gasteiger partial charge in [-0.05, 0) is 46.9 Å². The van der Waals surface area contributed by atoms with Gasteiger partial charge in [0.2, 0.25) is 12.1 Å². The van der Waals surface area contributed by atoms with E-state index in [2.05, 4.69) is 32.6 Å². The molecule has 0 bridgehead atoms. The van der Waals surface area contributed by atoms with Crippen molar-refractivity contribution in [1.29, 1.82) is 0 Å². The van der Waals surface area contributed by atoms with Gasteiger partial charge in [0.25, 0.3) is 0 Å². The van der Waals surface area contributed by atoms with Gasteiger partial charge in [0.05, 0.1) is 10.9 Å². The number of nitrogens with zero attached hydrogens (tertiary/aromatic N) is 3. The molecule has 100 valence electrons. The zero-order chi connectivity index (χ0) is 14.1. The molecule has 3 aromatic rings. The van der Waals surface area contributed by atoms with Crippen molar-refractivity contribution in [2.24, 2.45) is 0 Å². The summed E-state index contributed by atoms with van der Waals surface area (Å²) in [5.74, 6) is 0.891. The third-order valence-corrected chi connectivity index (χ3v) is 3.53. The maximum Gasteiger partial charge on any atom is 0.230 e. The second-order valence-electron chi connectivity index (χ2n) is 4.27. The highest BCUT2D eigenvalue weighted by atomic mass is 127. The van der Waals surface area contributed by atoms with Gasteiger partial charge in [-0.2, -0.15) is 4.73 Å². The van der Waals surface area contributed by atoms with Gasteiger partial charge in [-0.1, -0.05) is 0 Å². The van der Waals surface area contributed by atoms with Crippen molar-refractivity contribution in [3.05, 3.63) is 57.3 Å². The quantitative estimate of drug-likeness (QED) is 0.390. The van der Waals surface area contributed by atoms with Crippen molar-refractivity contribution in [3.8, 4) is 11.6 Å². The number of benzene rings is 1. The lowest BCUT2D eigenvalue weighted by molar-refractivity contribution is -0.612. The number of ether oxygens (including phenoxy) is 1. The summed E-state index contributed by atoms with van der Waals surface area (Å²) < 4.78 is 7.54. The lowest BCUT2D eigenvalue weighted by Gasteiger charge is -2.08. The molecule has 3 rings (SSSR count). The minimum absolute atomic E-state index is 0.442. The molecule has 0 saturated heterocycles. The fraction of sp³-hybridized carbons (Fsp3) is 0.0714. The number of halogens is 1. The third-order valence-electron chi connectivity index (χ3n) is 2.86. The van der Waals surface area contributed by atoms with Crippen LogP contribution in [0.25, 0.3) is 10.9 Å². The van der Waals surface area contributed by atoms with E-state index in [0.717, 1.165) is 19.2 Å². The average molecular weight is 379 g/mol. The molecule has 0 aliphatic heterocycles. The minimum Gasteiger partial charge on any atom is -0.618 e. The van der Waals surface area contributed by atoms with Gasteiger partial charge >= 0.3 is 0 Å². The first-order valence-corrected chi connectivity index (χ1v) is 6.99. The van der Waals surface area contributed by atoms with Crippen LogP contribution in [0.4, 0.5) is 0 Å². The van der Waals surface area contributed by atoms with E-state index in [1.165, 1.54) is 12.5 Å². The Bertz CT molecular complexity index is 792. The SMILES string of the molecule is Cc1ccc(Oc2ncnc3ccc(I)cc23)c[n+]1[O-]. The lowest BCUT2D eigenvalue weighted by Crippen LogP contribution is -2.28. The molecule has 0 unspecified atom stereocenters. The molecule has 5 nitrogen and oxygen atoms in total. The van der Waals surface area contributed by atoms with Gasteiger partial charge in [-0.3, -0.25) is 0 Å². The molecule has 0 fully saturated rings. The molecular formula is C14H10IN3O2. The summed E-state index contributed by atoms with van der Waals surface area (Å²) >= 11 is 2.22. The van der Waals surface area contributed by atoms with E-state index >= 15 is 0 Å². The molecule has 0 radical (unpaired) electrons. The Balaban J connectivity index is 2.05. The number of fused-ring (bicyclic) bond motifs is 1. The Kier molecular flexibility index (Phi) is 3.39. The van der Waals surface area contributed by atoms with E-state index in [1.54, 1.807) is 19.1 Å². The van der Waals surface area contributed by atoms with E-state index in [-0.39, 0.29) is 0 Å².